The van der Waals surface area contributed by atoms with Gasteiger partial charge in [-0.25, -0.2) is 4.39 Å². The van der Waals surface area contributed by atoms with E-state index in [2.05, 4.69) is 5.32 Å². The molecule has 0 bridgehead atoms. The highest BCUT2D eigenvalue weighted by atomic mass is 19.4. The zero-order valence-electron chi connectivity index (χ0n) is 10.9. The van der Waals surface area contributed by atoms with Crippen molar-refractivity contribution in [3.05, 3.63) is 35.1 Å². The molecule has 106 valence electrons. The first-order valence-electron chi connectivity index (χ1n) is 5.76. The van der Waals surface area contributed by atoms with Crippen molar-refractivity contribution < 1.29 is 22.4 Å². The molecule has 0 unspecified atom stereocenters. The third-order valence-corrected chi connectivity index (χ3v) is 2.87. The van der Waals surface area contributed by atoms with E-state index >= 15 is 0 Å². The van der Waals surface area contributed by atoms with E-state index in [1.165, 1.54) is 0 Å². The number of amides is 1. The fourth-order valence-electron chi connectivity index (χ4n) is 1.35. The number of nitrogens with one attached hydrogen (secondary N) is 1. The van der Waals surface area contributed by atoms with Crippen LogP contribution in [-0.4, -0.2) is 11.4 Å². The molecular weight excluding hydrogens is 262 g/mol. The molecule has 0 heterocycles. The topological polar surface area (TPSA) is 29.1 Å². The second-order valence-corrected chi connectivity index (χ2v) is 4.88. The van der Waals surface area contributed by atoms with E-state index in [1.54, 1.807) is 13.8 Å². The first-order chi connectivity index (χ1) is 8.57. The Labute approximate surface area is 108 Å². The number of hydrogen-bond acceptors (Lipinski definition) is 1. The first kappa shape index (κ1) is 15.5. The summed E-state index contributed by atoms with van der Waals surface area (Å²) in [4.78, 5) is 11.8. The predicted octanol–water partition coefficient (Wildman–Crippen LogP) is 3.76. The molecule has 6 heteroatoms. The van der Waals surface area contributed by atoms with E-state index in [4.69, 9.17) is 0 Å². The molecule has 1 rings (SSSR count). The fourth-order valence-corrected chi connectivity index (χ4v) is 1.35. The third-order valence-electron chi connectivity index (χ3n) is 2.87. The lowest BCUT2D eigenvalue weighted by atomic mass is 10.0. The quantitative estimate of drug-likeness (QED) is 0.837. The Hall–Kier alpha value is -1.59. The van der Waals surface area contributed by atoms with Gasteiger partial charge in [0.2, 0.25) is 0 Å². The average Bonchev–Trinajstić information content (AvgIpc) is 2.27. The highest BCUT2D eigenvalue weighted by Gasteiger charge is 2.34. The first-order valence-corrected chi connectivity index (χ1v) is 5.76. The average molecular weight is 277 g/mol. The molecular formula is C13H15F4NO. The van der Waals surface area contributed by atoms with E-state index < -0.39 is 29.0 Å². The molecule has 0 aromatic heterocycles. The van der Waals surface area contributed by atoms with Crippen LogP contribution in [0.25, 0.3) is 0 Å². The van der Waals surface area contributed by atoms with Gasteiger partial charge < -0.3 is 5.32 Å². The van der Waals surface area contributed by atoms with Crippen LogP contribution in [0.4, 0.5) is 17.6 Å². The van der Waals surface area contributed by atoms with Crippen molar-refractivity contribution >= 4 is 5.91 Å². The zero-order chi connectivity index (χ0) is 14.8. The maximum Gasteiger partial charge on any atom is 0.419 e. The van der Waals surface area contributed by atoms with Crippen LogP contribution in [0.1, 0.15) is 43.1 Å². The highest BCUT2D eigenvalue weighted by molar-refractivity contribution is 5.94. The number of hydrogen-bond donors (Lipinski definition) is 1. The second-order valence-electron chi connectivity index (χ2n) is 4.88. The van der Waals surface area contributed by atoms with Gasteiger partial charge in [0.25, 0.3) is 5.91 Å². The van der Waals surface area contributed by atoms with Gasteiger partial charge in [0.15, 0.2) is 0 Å². The summed E-state index contributed by atoms with van der Waals surface area (Å²) in [6.07, 6.45) is -4.20. The van der Waals surface area contributed by atoms with Gasteiger partial charge in [-0.15, -0.1) is 0 Å². The molecule has 0 saturated carbocycles. The van der Waals surface area contributed by atoms with Gasteiger partial charge in [-0.2, -0.15) is 13.2 Å². The normalized spacial score (nSPS) is 12.4. The Bertz CT molecular complexity index is 480. The fraction of sp³-hybridized carbons (Fsp3) is 0.462. The Morgan fingerprint density at radius 3 is 2.32 bits per heavy atom. The Morgan fingerprint density at radius 1 is 1.26 bits per heavy atom. The summed E-state index contributed by atoms with van der Waals surface area (Å²) in [5, 5.41) is 2.59. The van der Waals surface area contributed by atoms with Crippen molar-refractivity contribution in [2.45, 2.75) is 38.9 Å². The van der Waals surface area contributed by atoms with Crippen molar-refractivity contribution in [2.75, 3.05) is 0 Å². The van der Waals surface area contributed by atoms with Crippen LogP contribution >= 0.6 is 0 Å². The molecule has 2 nitrogen and oxygen atoms in total. The number of carbonyl (C=O) groups is 1. The van der Waals surface area contributed by atoms with Crippen LogP contribution in [0, 0.1) is 5.82 Å². The Morgan fingerprint density at radius 2 is 1.84 bits per heavy atom. The van der Waals surface area contributed by atoms with Gasteiger partial charge in [-0.3, -0.25) is 4.79 Å². The van der Waals surface area contributed by atoms with Crippen molar-refractivity contribution in [3.63, 3.8) is 0 Å². The van der Waals surface area contributed by atoms with E-state index in [-0.39, 0.29) is 5.56 Å². The van der Waals surface area contributed by atoms with E-state index in [9.17, 15) is 22.4 Å². The Balaban J connectivity index is 3.07. The molecule has 0 aliphatic carbocycles. The summed E-state index contributed by atoms with van der Waals surface area (Å²) in [5.74, 6) is -2.05. The molecule has 0 fully saturated rings. The van der Waals surface area contributed by atoms with Crippen LogP contribution in [0.15, 0.2) is 18.2 Å². The van der Waals surface area contributed by atoms with Crippen molar-refractivity contribution in [1.82, 2.24) is 5.32 Å². The number of rotatable bonds is 3. The molecule has 0 atom stereocenters. The highest BCUT2D eigenvalue weighted by Crippen LogP contribution is 2.31. The van der Waals surface area contributed by atoms with Gasteiger partial charge in [0, 0.05) is 11.1 Å². The molecule has 1 aromatic carbocycles. The minimum absolute atomic E-state index is 0.213. The van der Waals surface area contributed by atoms with Crippen molar-refractivity contribution in [2.24, 2.45) is 0 Å². The van der Waals surface area contributed by atoms with Crippen LogP contribution in [0.5, 0.6) is 0 Å². The van der Waals surface area contributed by atoms with Crippen LogP contribution in [0.2, 0.25) is 0 Å². The Kier molecular flexibility index (Phi) is 4.22. The van der Waals surface area contributed by atoms with Gasteiger partial charge >= 0.3 is 6.18 Å². The van der Waals surface area contributed by atoms with E-state index in [0.29, 0.717) is 18.6 Å². The molecule has 19 heavy (non-hydrogen) atoms. The smallest absolute Gasteiger partial charge is 0.347 e. The molecule has 1 amide bonds. The zero-order valence-corrected chi connectivity index (χ0v) is 10.9. The van der Waals surface area contributed by atoms with Gasteiger partial charge in [0.05, 0.1) is 5.56 Å². The summed E-state index contributed by atoms with van der Waals surface area (Å²) in [7, 11) is 0. The predicted molar refractivity (Wildman–Crippen MR) is 63.2 cm³/mol. The summed E-state index contributed by atoms with van der Waals surface area (Å²) in [5.41, 5.74) is -2.19. The van der Waals surface area contributed by atoms with Crippen LogP contribution < -0.4 is 5.32 Å². The molecule has 0 spiro atoms. The molecule has 0 aliphatic heterocycles. The summed E-state index contributed by atoms with van der Waals surface area (Å²) in [6, 6.07) is 2.21. The minimum Gasteiger partial charge on any atom is -0.347 e. The lowest BCUT2D eigenvalue weighted by Gasteiger charge is -2.24. The molecule has 0 saturated heterocycles. The van der Waals surface area contributed by atoms with Gasteiger partial charge in [-0.05, 0) is 38.5 Å². The minimum atomic E-state index is -4.82. The number of alkyl halides is 3. The second kappa shape index (κ2) is 5.19. The monoisotopic (exact) mass is 277 g/mol. The van der Waals surface area contributed by atoms with E-state index in [0.717, 1.165) is 6.07 Å². The third kappa shape index (κ3) is 3.94. The van der Waals surface area contributed by atoms with Crippen LogP contribution in [0.3, 0.4) is 0 Å². The maximum absolute atomic E-state index is 13.1. The van der Waals surface area contributed by atoms with E-state index in [1.807, 2.05) is 6.92 Å². The maximum atomic E-state index is 13.1. The van der Waals surface area contributed by atoms with Crippen LogP contribution in [-0.2, 0) is 6.18 Å². The standard InChI is InChI=1S/C13H15F4NO/c1-4-12(2,3)18-11(19)8-5-6-10(14)9(7-8)13(15,16)17/h5-7H,4H2,1-3H3,(H,18,19). The summed E-state index contributed by atoms with van der Waals surface area (Å²) < 4.78 is 50.7. The SMILES string of the molecule is CCC(C)(C)NC(=O)c1ccc(F)c(C(F)(F)F)c1. The largest absolute Gasteiger partial charge is 0.419 e. The number of carbonyl (C=O) groups excluding carboxylic acids is 1. The van der Waals surface area contributed by atoms with Gasteiger partial charge in [0.1, 0.15) is 5.82 Å². The van der Waals surface area contributed by atoms with Gasteiger partial charge in [-0.1, -0.05) is 6.92 Å². The molecule has 1 aromatic rings. The van der Waals surface area contributed by atoms with Crippen molar-refractivity contribution in [1.29, 1.82) is 0 Å². The lowest BCUT2D eigenvalue weighted by Crippen LogP contribution is -2.42. The number of benzene rings is 1. The van der Waals surface area contributed by atoms with Crippen molar-refractivity contribution in [3.8, 4) is 0 Å². The summed E-state index contributed by atoms with van der Waals surface area (Å²) in [6.45, 7) is 5.34. The molecule has 0 aliphatic rings. The molecule has 0 radical (unpaired) electrons. The number of halogens is 4. The molecule has 1 N–H and O–H groups in total. The lowest BCUT2D eigenvalue weighted by molar-refractivity contribution is -0.140. The summed E-state index contributed by atoms with van der Waals surface area (Å²) >= 11 is 0.